The van der Waals surface area contributed by atoms with E-state index in [4.69, 9.17) is 5.73 Å². The fraction of sp³-hybridized carbons (Fsp3) is 0.200. The van der Waals surface area contributed by atoms with Crippen LogP contribution in [0, 0.1) is 0 Å². The SMILES string of the molecule is Nc1ccc(N2CCc3ccccc32)cc1C(F)(F)F. The average Bonchev–Trinajstić information content (AvgIpc) is 2.82. The number of hydrogen-bond acceptors (Lipinski definition) is 2. The summed E-state index contributed by atoms with van der Waals surface area (Å²) >= 11 is 0. The number of para-hydroxylation sites is 1. The summed E-state index contributed by atoms with van der Waals surface area (Å²) in [7, 11) is 0. The van der Waals surface area contributed by atoms with Crippen LogP contribution in [0.5, 0.6) is 0 Å². The van der Waals surface area contributed by atoms with Crippen LogP contribution in [-0.2, 0) is 12.6 Å². The smallest absolute Gasteiger partial charge is 0.398 e. The first kappa shape index (κ1) is 12.8. The van der Waals surface area contributed by atoms with Gasteiger partial charge in [-0.3, -0.25) is 0 Å². The minimum atomic E-state index is -4.43. The van der Waals surface area contributed by atoms with Crippen molar-refractivity contribution in [3.63, 3.8) is 0 Å². The maximum atomic E-state index is 12.9. The second-order valence-corrected chi connectivity index (χ2v) is 4.80. The van der Waals surface area contributed by atoms with Gasteiger partial charge in [-0.05, 0) is 36.2 Å². The normalized spacial score (nSPS) is 14.4. The van der Waals surface area contributed by atoms with E-state index < -0.39 is 11.7 Å². The standard InChI is InChI=1S/C15H13F3N2/c16-15(17,18)12-9-11(5-6-13(12)19)20-8-7-10-3-1-2-4-14(10)20/h1-6,9H,7-8,19H2. The molecule has 0 bridgehead atoms. The summed E-state index contributed by atoms with van der Waals surface area (Å²) in [6.45, 7) is 0.681. The van der Waals surface area contributed by atoms with Gasteiger partial charge < -0.3 is 10.6 Å². The van der Waals surface area contributed by atoms with Gasteiger partial charge in [0.25, 0.3) is 0 Å². The number of nitrogen functional groups attached to an aromatic ring is 1. The molecule has 104 valence electrons. The summed E-state index contributed by atoms with van der Waals surface area (Å²) in [6.07, 6.45) is -3.60. The maximum absolute atomic E-state index is 12.9. The summed E-state index contributed by atoms with van der Waals surface area (Å²) in [4.78, 5) is 1.89. The lowest BCUT2D eigenvalue weighted by atomic mass is 10.1. The van der Waals surface area contributed by atoms with Crippen molar-refractivity contribution in [3.05, 3.63) is 53.6 Å². The number of hydrogen-bond donors (Lipinski definition) is 1. The number of benzene rings is 2. The largest absolute Gasteiger partial charge is 0.418 e. The number of rotatable bonds is 1. The van der Waals surface area contributed by atoms with E-state index in [1.54, 1.807) is 6.07 Å². The molecule has 0 aliphatic carbocycles. The molecule has 0 saturated heterocycles. The summed E-state index contributed by atoms with van der Waals surface area (Å²) in [5, 5.41) is 0. The second kappa shape index (κ2) is 4.44. The molecule has 0 fully saturated rings. The predicted octanol–water partition coefficient (Wildman–Crippen LogP) is 3.98. The molecular formula is C15H13F3N2. The highest BCUT2D eigenvalue weighted by Crippen LogP contribution is 2.39. The van der Waals surface area contributed by atoms with Gasteiger partial charge >= 0.3 is 6.18 Å². The Morgan fingerprint density at radius 1 is 1.05 bits per heavy atom. The van der Waals surface area contributed by atoms with E-state index in [1.807, 2.05) is 29.2 Å². The Balaban J connectivity index is 2.05. The summed E-state index contributed by atoms with van der Waals surface area (Å²) in [5.41, 5.74) is 7.05. The molecular weight excluding hydrogens is 265 g/mol. The third kappa shape index (κ3) is 2.09. The van der Waals surface area contributed by atoms with Gasteiger partial charge in [0.05, 0.1) is 5.56 Å². The van der Waals surface area contributed by atoms with Gasteiger partial charge in [-0.15, -0.1) is 0 Å². The van der Waals surface area contributed by atoms with Crippen molar-refractivity contribution in [2.24, 2.45) is 0 Å². The molecule has 1 aliphatic heterocycles. The maximum Gasteiger partial charge on any atom is 0.418 e. The highest BCUT2D eigenvalue weighted by atomic mass is 19.4. The summed E-state index contributed by atoms with van der Waals surface area (Å²) < 4.78 is 38.7. The topological polar surface area (TPSA) is 29.3 Å². The van der Waals surface area contributed by atoms with E-state index in [-0.39, 0.29) is 5.69 Å². The zero-order chi connectivity index (χ0) is 14.3. The highest BCUT2D eigenvalue weighted by Gasteiger charge is 2.34. The summed E-state index contributed by atoms with van der Waals surface area (Å²) in [6, 6.07) is 11.8. The van der Waals surface area contributed by atoms with Gasteiger partial charge in [0, 0.05) is 23.6 Å². The zero-order valence-corrected chi connectivity index (χ0v) is 10.6. The van der Waals surface area contributed by atoms with Crippen molar-refractivity contribution in [1.82, 2.24) is 0 Å². The molecule has 2 nitrogen and oxygen atoms in total. The lowest BCUT2D eigenvalue weighted by molar-refractivity contribution is -0.136. The highest BCUT2D eigenvalue weighted by molar-refractivity contribution is 5.72. The Kier molecular flexibility index (Phi) is 2.85. The molecule has 5 heteroatoms. The van der Waals surface area contributed by atoms with E-state index in [2.05, 4.69) is 0 Å². The van der Waals surface area contributed by atoms with Crippen LogP contribution in [0.4, 0.5) is 30.2 Å². The van der Waals surface area contributed by atoms with Crippen LogP contribution in [-0.4, -0.2) is 6.54 Å². The Labute approximate surface area is 114 Å². The zero-order valence-electron chi connectivity index (χ0n) is 10.6. The van der Waals surface area contributed by atoms with Crippen molar-refractivity contribution in [2.75, 3.05) is 17.2 Å². The molecule has 0 atom stereocenters. The Bertz CT molecular complexity index is 650. The van der Waals surface area contributed by atoms with Crippen molar-refractivity contribution in [2.45, 2.75) is 12.6 Å². The average molecular weight is 278 g/mol. The van der Waals surface area contributed by atoms with Crippen LogP contribution in [0.1, 0.15) is 11.1 Å². The van der Waals surface area contributed by atoms with Gasteiger partial charge in [-0.1, -0.05) is 18.2 Å². The third-order valence-electron chi connectivity index (χ3n) is 3.54. The predicted molar refractivity (Wildman–Crippen MR) is 73.0 cm³/mol. The molecule has 0 saturated carbocycles. The number of nitrogens with zero attached hydrogens (tertiary/aromatic N) is 1. The lowest BCUT2D eigenvalue weighted by Gasteiger charge is -2.21. The number of nitrogens with two attached hydrogens (primary N) is 1. The number of fused-ring (bicyclic) bond motifs is 1. The first-order valence-corrected chi connectivity index (χ1v) is 6.29. The molecule has 1 aliphatic rings. The fourth-order valence-electron chi connectivity index (χ4n) is 2.56. The lowest BCUT2D eigenvalue weighted by Crippen LogP contribution is -2.16. The molecule has 2 N–H and O–H groups in total. The van der Waals surface area contributed by atoms with Gasteiger partial charge in [0.15, 0.2) is 0 Å². The van der Waals surface area contributed by atoms with E-state index in [9.17, 15) is 13.2 Å². The minimum absolute atomic E-state index is 0.242. The quantitative estimate of drug-likeness (QED) is 0.799. The summed E-state index contributed by atoms with van der Waals surface area (Å²) in [5.74, 6) is 0. The van der Waals surface area contributed by atoms with Gasteiger partial charge in [-0.2, -0.15) is 13.2 Å². The van der Waals surface area contributed by atoms with Gasteiger partial charge in [0.1, 0.15) is 0 Å². The first-order valence-electron chi connectivity index (χ1n) is 6.29. The molecule has 0 spiro atoms. The van der Waals surface area contributed by atoms with Crippen molar-refractivity contribution in [3.8, 4) is 0 Å². The third-order valence-corrected chi connectivity index (χ3v) is 3.54. The van der Waals surface area contributed by atoms with Crippen molar-refractivity contribution < 1.29 is 13.2 Å². The number of halogens is 3. The Morgan fingerprint density at radius 3 is 2.55 bits per heavy atom. The number of alkyl halides is 3. The van der Waals surface area contributed by atoms with Crippen molar-refractivity contribution in [1.29, 1.82) is 0 Å². The Morgan fingerprint density at radius 2 is 1.80 bits per heavy atom. The van der Waals surface area contributed by atoms with Crippen molar-refractivity contribution >= 4 is 17.1 Å². The van der Waals surface area contributed by atoms with E-state index >= 15 is 0 Å². The van der Waals surface area contributed by atoms with Crippen LogP contribution >= 0.6 is 0 Å². The molecule has 0 radical (unpaired) electrons. The fourth-order valence-corrected chi connectivity index (χ4v) is 2.56. The molecule has 0 aromatic heterocycles. The second-order valence-electron chi connectivity index (χ2n) is 4.80. The molecule has 3 rings (SSSR count). The van der Waals surface area contributed by atoms with Crippen LogP contribution < -0.4 is 10.6 Å². The van der Waals surface area contributed by atoms with Crippen LogP contribution in [0.2, 0.25) is 0 Å². The van der Waals surface area contributed by atoms with E-state index in [0.717, 1.165) is 23.7 Å². The first-order chi connectivity index (χ1) is 9.47. The Hall–Kier alpha value is -2.17. The molecule has 2 aromatic carbocycles. The molecule has 2 aromatic rings. The molecule has 1 heterocycles. The van der Waals surface area contributed by atoms with Crippen LogP contribution in [0.15, 0.2) is 42.5 Å². The van der Waals surface area contributed by atoms with E-state index in [1.165, 1.54) is 6.07 Å². The monoisotopic (exact) mass is 278 g/mol. The van der Waals surface area contributed by atoms with Crippen LogP contribution in [0.25, 0.3) is 0 Å². The van der Waals surface area contributed by atoms with E-state index in [0.29, 0.717) is 12.2 Å². The molecule has 20 heavy (non-hydrogen) atoms. The van der Waals surface area contributed by atoms with Gasteiger partial charge in [-0.25, -0.2) is 0 Å². The molecule has 0 amide bonds. The minimum Gasteiger partial charge on any atom is -0.398 e. The van der Waals surface area contributed by atoms with Gasteiger partial charge in [0.2, 0.25) is 0 Å². The molecule has 0 unspecified atom stereocenters. The number of anilines is 3. The van der Waals surface area contributed by atoms with Crippen LogP contribution in [0.3, 0.4) is 0 Å².